The lowest BCUT2D eigenvalue weighted by atomic mass is 10.1. The molecule has 2 aromatic carbocycles. The summed E-state index contributed by atoms with van der Waals surface area (Å²) in [5.41, 5.74) is 3.64. The van der Waals surface area contributed by atoms with E-state index in [4.69, 9.17) is 4.74 Å². The molecular formula is C24H33N3O2. The average Bonchev–Trinajstić information content (AvgIpc) is 2.75. The van der Waals surface area contributed by atoms with Crippen LogP contribution in [0.1, 0.15) is 30.4 Å². The summed E-state index contributed by atoms with van der Waals surface area (Å²) in [5.74, 6) is 0.946. The molecule has 0 N–H and O–H groups in total. The standard InChI is InChI=1S/C24H33N3O2/c1-25(17-20-7-11-22(12-8-20)27-15-5-4-6-16-27)19-24(28)26(2)18-21-9-13-23(29-3)14-10-21/h7-14H,4-6,15-19H2,1-3H3. The number of rotatable bonds is 8. The fourth-order valence-electron chi connectivity index (χ4n) is 3.78. The van der Waals surface area contributed by atoms with Crippen molar-refractivity contribution < 1.29 is 9.53 Å². The van der Waals surface area contributed by atoms with Gasteiger partial charge >= 0.3 is 0 Å². The Labute approximate surface area is 174 Å². The van der Waals surface area contributed by atoms with Crippen molar-refractivity contribution in [2.45, 2.75) is 32.4 Å². The maximum absolute atomic E-state index is 12.6. The minimum Gasteiger partial charge on any atom is -0.497 e. The van der Waals surface area contributed by atoms with Gasteiger partial charge in [-0.2, -0.15) is 0 Å². The van der Waals surface area contributed by atoms with Gasteiger partial charge in [0.2, 0.25) is 5.91 Å². The quantitative estimate of drug-likeness (QED) is 0.682. The van der Waals surface area contributed by atoms with E-state index >= 15 is 0 Å². The summed E-state index contributed by atoms with van der Waals surface area (Å²) in [7, 11) is 5.51. The Morgan fingerprint density at radius 3 is 2.10 bits per heavy atom. The van der Waals surface area contributed by atoms with Gasteiger partial charge in [-0.25, -0.2) is 0 Å². The van der Waals surface area contributed by atoms with Gasteiger partial charge in [-0.3, -0.25) is 9.69 Å². The predicted octanol–water partition coefficient (Wildman–Crippen LogP) is 3.78. The number of nitrogens with zero attached hydrogens (tertiary/aromatic N) is 3. The van der Waals surface area contributed by atoms with Crippen LogP contribution in [0.4, 0.5) is 5.69 Å². The summed E-state index contributed by atoms with van der Waals surface area (Å²) in [6, 6.07) is 16.6. The lowest BCUT2D eigenvalue weighted by Gasteiger charge is -2.29. The average molecular weight is 396 g/mol. The first kappa shape index (κ1) is 21.2. The highest BCUT2D eigenvalue weighted by molar-refractivity contribution is 5.78. The number of methoxy groups -OCH3 is 1. The van der Waals surface area contributed by atoms with Gasteiger partial charge < -0.3 is 14.5 Å². The van der Waals surface area contributed by atoms with Crippen LogP contribution in [0.15, 0.2) is 48.5 Å². The summed E-state index contributed by atoms with van der Waals surface area (Å²) in [6.07, 6.45) is 3.92. The van der Waals surface area contributed by atoms with Crippen LogP contribution < -0.4 is 9.64 Å². The first-order chi connectivity index (χ1) is 14.0. The molecule has 1 aliphatic heterocycles. The third kappa shape index (κ3) is 6.23. The van der Waals surface area contributed by atoms with Crippen molar-refractivity contribution in [3.05, 3.63) is 59.7 Å². The van der Waals surface area contributed by atoms with E-state index in [9.17, 15) is 4.79 Å². The van der Waals surface area contributed by atoms with E-state index in [0.29, 0.717) is 13.1 Å². The molecule has 0 bridgehead atoms. The van der Waals surface area contributed by atoms with Gasteiger partial charge in [0.25, 0.3) is 0 Å². The second-order valence-corrected chi connectivity index (χ2v) is 7.98. The number of benzene rings is 2. The van der Waals surface area contributed by atoms with Crippen molar-refractivity contribution in [3.63, 3.8) is 0 Å². The monoisotopic (exact) mass is 395 g/mol. The van der Waals surface area contributed by atoms with Crippen molar-refractivity contribution in [2.75, 3.05) is 45.7 Å². The van der Waals surface area contributed by atoms with E-state index in [2.05, 4.69) is 34.1 Å². The van der Waals surface area contributed by atoms with Crippen molar-refractivity contribution in [2.24, 2.45) is 0 Å². The maximum atomic E-state index is 12.6. The molecule has 5 nitrogen and oxygen atoms in total. The molecule has 0 unspecified atom stereocenters. The van der Waals surface area contributed by atoms with E-state index in [1.54, 1.807) is 12.0 Å². The third-order valence-corrected chi connectivity index (χ3v) is 5.52. The topological polar surface area (TPSA) is 36.0 Å². The molecule has 0 atom stereocenters. The van der Waals surface area contributed by atoms with E-state index in [1.807, 2.05) is 38.4 Å². The summed E-state index contributed by atoms with van der Waals surface area (Å²) in [4.78, 5) is 18.9. The molecule has 1 saturated heterocycles. The van der Waals surface area contributed by atoms with Gasteiger partial charge in [0.05, 0.1) is 13.7 Å². The number of hydrogen-bond acceptors (Lipinski definition) is 4. The highest BCUT2D eigenvalue weighted by Crippen LogP contribution is 2.20. The first-order valence-corrected chi connectivity index (χ1v) is 10.4. The highest BCUT2D eigenvalue weighted by atomic mass is 16.5. The molecule has 0 aliphatic carbocycles. The molecule has 1 amide bonds. The molecule has 29 heavy (non-hydrogen) atoms. The first-order valence-electron chi connectivity index (χ1n) is 10.4. The van der Waals surface area contributed by atoms with E-state index < -0.39 is 0 Å². The van der Waals surface area contributed by atoms with Crippen molar-refractivity contribution in [1.29, 1.82) is 0 Å². The summed E-state index contributed by atoms with van der Waals surface area (Å²) in [6.45, 7) is 4.09. The smallest absolute Gasteiger partial charge is 0.236 e. The Morgan fingerprint density at radius 2 is 1.48 bits per heavy atom. The molecule has 0 saturated carbocycles. The predicted molar refractivity (Wildman–Crippen MR) is 118 cm³/mol. The number of piperidine rings is 1. The molecule has 1 heterocycles. The normalized spacial score (nSPS) is 14.1. The summed E-state index contributed by atoms with van der Waals surface area (Å²) in [5, 5.41) is 0. The zero-order valence-electron chi connectivity index (χ0n) is 17.9. The van der Waals surface area contributed by atoms with E-state index in [-0.39, 0.29) is 5.91 Å². The molecule has 0 aromatic heterocycles. The minimum atomic E-state index is 0.119. The largest absolute Gasteiger partial charge is 0.497 e. The molecule has 0 radical (unpaired) electrons. The molecule has 5 heteroatoms. The molecule has 3 rings (SSSR count). The Morgan fingerprint density at radius 1 is 0.897 bits per heavy atom. The molecule has 2 aromatic rings. The van der Waals surface area contributed by atoms with Gasteiger partial charge in [-0.1, -0.05) is 24.3 Å². The molecular weight excluding hydrogens is 362 g/mol. The molecule has 1 fully saturated rings. The van der Waals surface area contributed by atoms with Gasteiger partial charge in [-0.15, -0.1) is 0 Å². The highest BCUT2D eigenvalue weighted by Gasteiger charge is 2.14. The number of ether oxygens (including phenoxy) is 1. The van der Waals surface area contributed by atoms with Crippen LogP contribution in [0.3, 0.4) is 0 Å². The van der Waals surface area contributed by atoms with Crippen LogP contribution in [0.25, 0.3) is 0 Å². The van der Waals surface area contributed by atoms with Crippen molar-refractivity contribution in [3.8, 4) is 5.75 Å². The molecule has 0 spiro atoms. The van der Waals surface area contributed by atoms with Gasteiger partial charge in [0.15, 0.2) is 0 Å². The van der Waals surface area contributed by atoms with Crippen LogP contribution in [-0.2, 0) is 17.9 Å². The number of carbonyl (C=O) groups excluding carboxylic acids is 1. The lowest BCUT2D eigenvalue weighted by Crippen LogP contribution is -2.36. The Bertz CT molecular complexity index is 768. The van der Waals surface area contributed by atoms with Crippen LogP contribution in [0.2, 0.25) is 0 Å². The van der Waals surface area contributed by atoms with E-state index in [0.717, 1.165) is 30.9 Å². The Balaban J connectivity index is 1.47. The summed E-state index contributed by atoms with van der Waals surface area (Å²) >= 11 is 0. The van der Waals surface area contributed by atoms with Crippen LogP contribution >= 0.6 is 0 Å². The van der Waals surface area contributed by atoms with Crippen LogP contribution in [-0.4, -0.2) is 56.5 Å². The number of amides is 1. The lowest BCUT2D eigenvalue weighted by molar-refractivity contribution is -0.131. The van der Waals surface area contributed by atoms with Gasteiger partial charge in [-0.05, 0) is 61.7 Å². The van der Waals surface area contributed by atoms with Crippen molar-refractivity contribution in [1.82, 2.24) is 9.80 Å². The number of anilines is 1. The Kier molecular flexibility index (Phi) is 7.53. The molecule has 156 valence electrons. The van der Waals surface area contributed by atoms with Crippen LogP contribution in [0, 0.1) is 0 Å². The van der Waals surface area contributed by atoms with E-state index in [1.165, 1.54) is 30.5 Å². The third-order valence-electron chi connectivity index (χ3n) is 5.52. The van der Waals surface area contributed by atoms with Gasteiger partial charge in [0, 0.05) is 38.9 Å². The number of likely N-dealkylation sites (N-methyl/N-ethyl adjacent to an activating group) is 2. The number of hydrogen-bond donors (Lipinski definition) is 0. The zero-order chi connectivity index (χ0) is 20.6. The second-order valence-electron chi connectivity index (χ2n) is 7.98. The fraction of sp³-hybridized carbons (Fsp3) is 0.458. The summed E-state index contributed by atoms with van der Waals surface area (Å²) < 4.78 is 5.18. The zero-order valence-corrected chi connectivity index (χ0v) is 17.9. The second kappa shape index (κ2) is 10.3. The maximum Gasteiger partial charge on any atom is 0.236 e. The van der Waals surface area contributed by atoms with Gasteiger partial charge in [0.1, 0.15) is 5.75 Å². The Hall–Kier alpha value is -2.53. The van der Waals surface area contributed by atoms with Crippen molar-refractivity contribution >= 4 is 11.6 Å². The van der Waals surface area contributed by atoms with Crippen LogP contribution in [0.5, 0.6) is 5.75 Å². The number of carbonyl (C=O) groups is 1. The minimum absolute atomic E-state index is 0.119. The molecule has 1 aliphatic rings. The SMILES string of the molecule is COc1ccc(CN(C)C(=O)CN(C)Cc2ccc(N3CCCCC3)cc2)cc1. The fourth-order valence-corrected chi connectivity index (χ4v) is 3.78.